The lowest BCUT2D eigenvalue weighted by molar-refractivity contribution is -0.0862. The van der Waals surface area contributed by atoms with Gasteiger partial charge in [0, 0.05) is 29.9 Å². The maximum atomic E-state index is 12.9. The second kappa shape index (κ2) is 5.19. The van der Waals surface area contributed by atoms with E-state index >= 15 is 0 Å². The monoisotopic (exact) mass is 314 g/mol. The van der Waals surface area contributed by atoms with E-state index in [0.29, 0.717) is 16.8 Å². The maximum Gasteiger partial charge on any atom is 0.201 e. The van der Waals surface area contributed by atoms with E-state index < -0.39 is 23.1 Å². The first-order chi connectivity index (χ1) is 10.7. The average Bonchev–Trinajstić information content (AvgIpc) is 2.52. The van der Waals surface area contributed by atoms with Crippen LogP contribution in [0.5, 0.6) is 0 Å². The standard InChI is InChI=1S/C17H18N2O4/c1-16(2,22)12(20)9-17(23)14-13(18-7-8-19-14)10-5-3-4-6-11(10)15(17)21/h3-8,12,20,22-23H,9H2,1-2H3. The number of Topliss-reactive ketones (excluding diaryl/α,β-unsaturated/α-hetero) is 1. The minimum Gasteiger partial charge on any atom is -0.390 e. The van der Waals surface area contributed by atoms with Gasteiger partial charge in [0.05, 0.1) is 17.4 Å². The van der Waals surface area contributed by atoms with Gasteiger partial charge in [0.25, 0.3) is 0 Å². The number of hydrogen-bond acceptors (Lipinski definition) is 6. The van der Waals surface area contributed by atoms with Crippen LogP contribution in [0.3, 0.4) is 0 Å². The molecule has 1 aliphatic carbocycles. The predicted octanol–water partition coefficient (Wildman–Crippen LogP) is 1.05. The van der Waals surface area contributed by atoms with Crippen LogP contribution in [0.4, 0.5) is 0 Å². The molecule has 0 radical (unpaired) electrons. The zero-order valence-corrected chi connectivity index (χ0v) is 12.9. The maximum absolute atomic E-state index is 12.9. The zero-order valence-electron chi connectivity index (χ0n) is 12.9. The molecule has 0 aliphatic heterocycles. The van der Waals surface area contributed by atoms with Crippen LogP contribution < -0.4 is 0 Å². The van der Waals surface area contributed by atoms with Crippen LogP contribution in [-0.2, 0) is 5.60 Å². The van der Waals surface area contributed by atoms with Crippen molar-refractivity contribution in [3.05, 3.63) is 47.9 Å². The third-order valence-electron chi connectivity index (χ3n) is 4.20. The quantitative estimate of drug-likeness (QED) is 0.782. The first kappa shape index (κ1) is 15.7. The largest absolute Gasteiger partial charge is 0.390 e. The van der Waals surface area contributed by atoms with Crippen molar-refractivity contribution < 1.29 is 20.1 Å². The second-order valence-electron chi connectivity index (χ2n) is 6.36. The summed E-state index contributed by atoms with van der Waals surface area (Å²) in [6.07, 6.45) is 1.20. The fourth-order valence-corrected chi connectivity index (χ4v) is 2.77. The van der Waals surface area contributed by atoms with Crippen LogP contribution in [0, 0.1) is 0 Å². The summed E-state index contributed by atoms with van der Waals surface area (Å²) in [7, 11) is 0. The number of fused-ring (bicyclic) bond motifs is 3. The van der Waals surface area contributed by atoms with Crippen molar-refractivity contribution in [2.75, 3.05) is 0 Å². The van der Waals surface area contributed by atoms with Gasteiger partial charge in [-0.25, -0.2) is 0 Å². The van der Waals surface area contributed by atoms with Crippen LogP contribution in [-0.4, -0.2) is 42.8 Å². The fourth-order valence-electron chi connectivity index (χ4n) is 2.77. The van der Waals surface area contributed by atoms with Crippen LogP contribution >= 0.6 is 0 Å². The van der Waals surface area contributed by atoms with Crippen LogP contribution in [0.2, 0.25) is 0 Å². The number of carbonyl (C=O) groups is 1. The molecule has 6 heteroatoms. The molecule has 6 nitrogen and oxygen atoms in total. The van der Waals surface area contributed by atoms with Crippen molar-refractivity contribution in [2.45, 2.75) is 37.6 Å². The highest BCUT2D eigenvalue weighted by Gasteiger charge is 2.49. The SMILES string of the molecule is CC(C)(O)C(O)CC1(O)C(=O)c2ccccc2-c2nccnc21. The van der Waals surface area contributed by atoms with Gasteiger partial charge in [-0.1, -0.05) is 24.3 Å². The Hall–Kier alpha value is -2.15. The molecule has 0 fully saturated rings. The number of ketones is 1. The number of aliphatic hydroxyl groups is 3. The van der Waals surface area contributed by atoms with Crippen molar-refractivity contribution in [2.24, 2.45) is 0 Å². The average molecular weight is 314 g/mol. The molecule has 2 atom stereocenters. The number of rotatable bonds is 3. The molecule has 0 amide bonds. The molecule has 1 heterocycles. The molecule has 23 heavy (non-hydrogen) atoms. The lowest BCUT2D eigenvalue weighted by atomic mass is 9.75. The molecule has 1 aromatic carbocycles. The predicted molar refractivity (Wildman–Crippen MR) is 82.6 cm³/mol. The Bertz CT molecular complexity index is 769. The van der Waals surface area contributed by atoms with E-state index in [1.165, 1.54) is 26.2 Å². The summed E-state index contributed by atoms with van der Waals surface area (Å²) >= 11 is 0. The highest BCUT2D eigenvalue weighted by Crippen LogP contribution is 2.42. The van der Waals surface area contributed by atoms with Gasteiger partial charge < -0.3 is 15.3 Å². The van der Waals surface area contributed by atoms with E-state index in [4.69, 9.17) is 0 Å². The van der Waals surface area contributed by atoms with Gasteiger partial charge in [0.2, 0.25) is 5.78 Å². The second-order valence-corrected chi connectivity index (χ2v) is 6.36. The highest BCUT2D eigenvalue weighted by atomic mass is 16.3. The van der Waals surface area contributed by atoms with Gasteiger partial charge in [-0.15, -0.1) is 0 Å². The molecule has 0 bridgehead atoms. The molecule has 0 spiro atoms. The molecule has 3 N–H and O–H groups in total. The summed E-state index contributed by atoms with van der Waals surface area (Å²) in [5, 5.41) is 31.2. The summed E-state index contributed by atoms with van der Waals surface area (Å²) in [6.45, 7) is 2.83. The highest BCUT2D eigenvalue weighted by molar-refractivity contribution is 6.10. The molecule has 1 aromatic heterocycles. The Balaban J connectivity index is 2.17. The van der Waals surface area contributed by atoms with Gasteiger partial charge in [0.1, 0.15) is 5.69 Å². The van der Waals surface area contributed by atoms with Gasteiger partial charge in [-0.3, -0.25) is 14.8 Å². The topological polar surface area (TPSA) is 104 Å². The summed E-state index contributed by atoms with van der Waals surface area (Å²) in [4.78, 5) is 21.2. The molecular weight excluding hydrogens is 296 g/mol. The van der Waals surface area contributed by atoms with E-state index in [0.717, 1.165) is 0 Å². The third kappa shape index (κ3) is 2.45. The summed E-state index contributed by atoms with van der Waals surface area (Å²) in [6, 6.07) is 6.83. The summed E-state index contributed by atoms with van der Waals surface area (Å²) < 4.78 is 0. The lowest BCUT2D eigenvalue weighted by Gasteiger charge is -2.36. The molecule has 0 saturated heterocycles. The van der Waals surface area contributed by atoms with Gasteiger partial charge >= 0.3 is 0 Å². The Labute approximate surface area is 133 Å². The molecule has 120 valence electrons. The van der Waals surface area contributed by atoms with E-state index in [2.05, 4.69) is 9.97 Å². The van der Waals surface area contributed by atoms with Crippen LogP contribution in [0.15, 0.2) is 36.7 Å². The molecule has 2 aromatic rings. The van der Waals surface area contributed by atoms with Gasteiger partial charge in [0.15, 0.2) is 5.60 Å². The first-order valence-electron chi connectivity index (χ1n) is 7.33. The van der Waals surface area contributed by atoms with E-state index in [9.17, 15) is 20.1 Å². The van der Waals surface area contributed by atoms with E-state index in [1.807, 2.05) is 0 Å². The first-order valence-corrected chi connectivity index (χ1v) is 7.33. The molecular formula is C17H18N2O4. The lowest BCUT2D eigenvalue weighted by Crippen LogP contribution is -2.48. The summed E-state index contributed by atoms with van der Waals surface area (Å²) in [5.41, 5.74) is -2.05. The minimum atomic E-state index is -2.03. The number of hydrogen-bond donors (Lipinski definition) is 3. The Morgan fingerprint density at radius 2 is 1.78 bits per heavy atom. The smallest absolute Gasteiger partial charge is 0.201 e. The number of aromatic nitrogens is 2. The molecule has 3 rings (SSSR count). The summed E-state index contributed by atoms with van der Waals surface area (Å²) in [5.74, 6) is -0.551. The Kier molecular flexibility index (Phi) is 3.55. The molecule has 2 unspecified atom stereocenters. The van der Waals surface area contributed by atoms with Crippen molar-refractivity contribution in [1.29, 1.82) is 0 Å². The van der Waals surface area contributed by atoms with Crippen molar-refractivity contribution >= 4 is 5.78 Å². The minimum absolute atomic E-state index is 0.104. The molecule has 1 aliphatic rings. The van der Waals surface area contributed by atoms with E-state index in [-0.39, 0.29) is 12.1 Å². The Morgan fingerprint density at radius 1 is 1.17 bits per heavy atom. The number of benzene rings is 1. The Morgan fingerprint density at radius 3 is 2.43 bits per heavy atom. The van der Waals surface area contributed by atoms with Crippen molar-refractivity contribution in [3.8, 4) is 11.3 Å². The van der Waals surface area contributed by atoms with Crippen molar-refractivity contribution in [1.82, 2.24) is 9.97 Å². The van der Waals surface area contributed by atoms with Crippen molar-refractivity contribution in [3.63, 3.8) is 0 Å². The van der Waals surface area contributed by atoms with Gasteiger partial charge in [-0.05, 0) is 13.8 Å². The molecule has 0 saturated carbocycles. The zero-order chi connectivity index (χ0) is 16.8. The fraction of sp³-hybridized carbons (Fsp3) is 0.353. The van der Waals surface area contributed by atoms with Gasteiger partial charge in [-0.2, -0.15) is 0 Å². The third-order valence-corrected chi connectivity index (χ3v) is 4.20. The van der Waals surface area contributed by atoms with Crippen LogP contribution in [0.1, 0.15) is 36.3 Å². The number of nitrogens with zero attached hydrogens (tertiary/aromatic N) is 2. The normalized spacial score (nSPS) is 21.5. The number of carbonyl (C=O) groups excluding carboxylic acids is 1. The number of aliphatic hydroxyl groups excluding tert-OH is 1. The van der Waals surface area contributed by atoms with E-state index in [1.54, 1.807) is 24.3 Å². The van der Waals surface area contributed by atoms with Crippen LogP contribution in [0.25, 0.3) is 11.3 Å².